The maximum absolute atomic E-state index is 11.9. The molecule has 0 saturated heterocycles. The highest BCUT2D eigenvalue weighted by molar-refractivity contribution is 9.10. The Labute approximate surface area is 131 Å². The number of carbonyl (C=O) groups excluding carboxylic acids is 1. The number of carbonyl (C=O) groups is 1. The van der Waals surface area contributed by atoms with E-state index < -0.39 is 0 Å². The minimum atomic E-state index is -0.0238. The number of thioether (sulfide) groups is 1. The monoisotopic (exact) mass is 350 g/mol. The van der Waals surface area contributed by atoms with Gasteiger partial charge in [-0.25, -0.2) is 0 Å². The Morgan fingerprint density at radius 2 is 2.10 bits per heavy atom. The molecule has 0 heterocycles. The lowest BCUT2D eigenvalue weighted by Gasteiger charge is -2.07. The fourth-order valence-corrected chi connectivity index (χ4v) is 3.16. The molecule has 0 saturated carbocycles. The number of hydrogen-bond donors (Lipinski definition) is 2. The van der Waals surface area contributed by atoms with E-state index in [9.17, 15) is 4.79 Å². The van der Waals surface area contributed by atoms with Gasteiger partial charge in [0, 0.05) is 20.7 Å². The summed E-state index contributed by atoms with van der Waals surface area (Å²) in [5.74, 6) is 0.334. The maximum Gasteiger partial charge on any atom is 0.234 e. The van der Waals surface area contributed by atoms with Gasteiger partial charge < -0.3 is 11.1 Å². The van der Waals surface area contributed by atoms with Crippen LogP contribution in [0.4, 0.5) is 11.4 Å². The number of benzene rings is 2. The fourth-order valence-electron chi connectivity index (χ4n) is 1.70. The number of amides is 1. The van der Waals surface area contributed by atoms with Crippen molar-refractivity contribution in [3.8, 4) is 0 Å². The Morgan fingerprint density at radius 3 is 2.80 bits per heavy atom. The molecule has 3 N–H and O–H groups in total. The zero-order valence-electron chi connectivity index (χ0n) is 11.0. The summed E-state index contributed by atoms with van der Waals surface area (Å²) in [4.78, 5) is 12.9. The van der Waals surface area contributed by atoms with Crippen LogP contribution in [0, 0.1) is 6.92 Å². The van der Waals surface area contributed by atoms with Gasteiger partial charge in [0.1, 0.15) is 0 Å². The average molecular weight is 351 g/mol. The summed E-state index contributed by atoms with van der Waals surface area (Å²) in [7, 11) is 0. The third-order valence-electron chi connectivity index (χ3n) is 2.62. The van der Waals surface area contributed by atoms with Crippen LogP contribution in [0.15, 0.2) is 51.8 Å². The van der Waals surface area contributed by atoms with Crippen molar-refractivity contribution in [3.05, 3.63) is 52.5 Å². The summed E-state index contributed by atoms with van der Waals surface area (Å²) in [6.07, 6.45) is 0. The predicted molar refractivity (Wildman–Crippen MR) is 89.1 cm³/mol. The molecule has 0 aliphatic heterocycles. The molecule has 0 fully saturated rings. The zero-order valence-corrected chi connectivity index (χ0v) is 13.4. The third-order valence-corrected chi connectivity index (χ3v) is 4.61. The lowest BCUT2D eigenvalue weighted by molar-refractivity contribution is -0.113. The number of rotatable bonds is 4. The van der Waals surface area contributed by atoms with E-state index in [1.54, 1.807) is 0 Å². The summed E-state index contributed by atoms with van der Waals surface area (Å²) < 4.78 is 0.908. The molecule has 3 nitrogen and oxygen atoms in total. The highest BCUT2D eigenvalue weighted by Crippen LogP contribution is 2.29. The number of anilines is 2. The van der Waals surface area contributed by atoms with Gasteiger partial charge in [-0.05, 0) is 58.7 Å². The van der Waals surface area contributed by atoms with Crippen molar-refractivity contribution < 1.29 is 4.79 Å². The Balaban J connectivity index is 1.92. The van der Waals surface area contributed by atoms with Crippen LogP contribution in [0.25, 0.3) is 0 Å². The molecule has 0 spiro atoms. The van der Waals surface area contributed by atoms with Crippen molar-refractivity contribution >= 4 is 45.0 Å². The average Bonchev–Trinajstić information content (AvgIpc) is 2.37. The second kappa shape index (κ2) is 6.81. The van der Waals surface area contributed by atoms with E-state index in [1.807, 2.05) is 49.4 Å². The molecule has 0 aromatic heterocycles. The Morgan fingerprint density at radius 1 is 1.30 bits per heavy atom. The first-order chi connectivity index (χ1) is 9.54. The summed E-state index contributed by atoms with van der Waals surface area (Å²) >= 11 is 4.91. The van der Waals surface area contributed by atoms with Gasteiger partial charge in [0.25, 0.3) is 0 Å². The zero-order chi connectivity index (χ0) is 14.5. The molecule has 0 atom stereocenters. The van der Waals surface area contributed by atoms with Crippen LogP contribution in [-0.4, -0.2) is 11.7 Å². The number of hydrogen-bond acceptors (Lipinski definition) is 3. The van der Waals surface area contributed by atoms with Gasteiger partial charge in [-0.2, -0.15) is 0 Å². The first-order valence-electron chi connectivity index (χ1n) is 6.09. The van der Waals surface area contributed by atoms with E-state index in [4.69, 9.17) is 5.73 Å². The molecular weight excluding hydrogens is 336 g/mol. The van der Waals surface area contributed by atoms with Gasteiger partial charge in [-0.3, -0.25) is 4.79 Å². The molecule has 0 radical (unpaired) electrons. The van der Waals surface area contributed by atoms with Crippen LogP contribution in [0.3, 0.4) is 0 Å². The fraction of sp³-hybridized carbons (Fsp3) is 0.133. The van der Waals surface area contributed by atoms with Crippen molar-refractivity contribution in [1.82, 2.24) is 0 Å². The van der Waals surface area contributed by atoms with Crippen LogP contribution < -0.4 is 11.1 Å². The van der Waals surface area contributed by atoms with Crippen LogP contribution in [0.2, 0.25) is 0 Å². The minimum Gasteiger partial charge on any atom is -0.399 e. The quantitative estimate of drug-likeness (QED) is 0.645. The SMILES string of the molecule is Cc1cccc(NC(=O)CSc2ccc(N)cc2Br)c1. The largest absolute Gasteiger partial charge is 0.399 e. The predicted octanol–water partition coefficient (Wildman–Crippen LogP) is 4.07. The number of aryl methyl sites for hydroxylation is 1. The van der Waals surface area contributed by atoms with Gasteiger partial charge in [-0.1, -0.05) is 12.1 Å². The first kappa shape index (κ1) is 14.9. The van der Waals surface area contributed by atoms with E-state index in [0.717, 1.165) is 20.6 Å². The second-order valence-corrected chi connectivity index (χ2v) is 6.27. The Bertz CT molecular complexity index is 631. The number of halogens is 1. The van der Waals surface area contributed by atoms with E-state index in [-0.39, 0.29) is 5.91 Å². The summed E-state index contributed by atoms with van der Waals surface area (Å²) in [6.45, 7) is 2.00. The second-order valence-electron chi connectivity index (χ2n) is 4.40. The maximum atomic E-state index is 11.9. The molecule has 104 valence electrons. The standard InChI is InChI=1S/C15H15BrN2OS/c1-10-3-2-4-12(7-10)18-15(19)9-20-14-6-5-11(17)8-13(14)16/h2-8H,9,17H2,1H3,(H,18,19). The van der Waals surface area contributed by atoms with E-state index in [1.165, 1.54) is 11.8 Å². The Kier molecular flexibility index (Phi) is 5.09. The van der Waals surface area contributed by atoms with Crippen molar-refractivity contribution in [3.63, 3.8) is 0 Å². The highest BCUT2D eigenvalue weighted by Gasteiger charge is 2.06. The smallest absolute Gasteiger partial charge is 0.234 e. The van der Waals surface area contributed by atoms with Gasteiger partial charge >= 0.3 is 0 Å². The van der Waals surface area contributed by atoms with Crippen LogP contribution in [0.5, 0.6) is 0 Å². The summed E-state index contributed by atoms with van der Waals surface area (Å²) in [6, 6.07) is 13.3. The van der Waals surface area contributed by atoms with E-state index in [2.05, 4.69) is 21.2 Å². The summed E-state index contributed by atoms with van der Waals surface area (Å²) in [5, 5.41) is 2.88. The van der Waals surface area contributed by atoms with Gasteiger partial charge in [0.05, 0.1) is 5.75 Å². The van der Waals surface area contributed by atoms with Crippen LogP contribution in [0.1, 0.15) is 5.56 Å². The van der Waals surface area contributed by atoms with E-state index in [0.29, 0.717) is 11.4 Å². The molecule has 0 aliphatic rings. The Hall–Kier alpha value is -1.46. The normalized spacial score (nSPS) is 10.3. The van der Waals surface area contributed by atoms with Crippen molar-refractivity contribution in [2.24, 2.45) is 0 Å². The summed E-state index contributed by atoms with van der Waals surface area (Å²) in [5.41, 5.74) is 8.33. The van der Waals surface area contributed by atoms with Crippen LogP contribution >= 0.6 is 27.7 Å². The van der Waals surface area contributed by atoms with Crippen molar-refractivity contribution in [2.75, 3.05) is 16.8 Å². The lowest BCUT2D eigenvalue weighted by atomic mass is 10.2. The number of nitrogens with one attached hydrogen (secondary N) is 1. The molecule has 0 bridgehead atoms. The molecule has 5 heteroatoms. The lowest BCUT2D eigenvalue weighted by Crippen LogP contribution is -2.14. The molecule has 1 amide bonds. The van der Waals surface area contributed by atoms with Crippen LogP contribution in [-0.2, 0) is 4.79 Å². The molecule has 2 rings (SSSR count). The first-order valence-corrected chi connectivity index (χ1v) is 7.87. The van der Waals surface area contributed by atoms with Crippen molar-refractivity contribution in [2.45, 2.75) is 11.8 Å². The molecule has 2 aromatic rings. The number of nitrogens with two attached hydrogens (primary N) is 1. The van der Waals surface area contributed by atoms with Crippen molar-refractivity contribution in [1.29, 1.82) is 0 Å². The minimum absolute atomic E-state index is 0.0238. The molecule has 0 aliphatic carbocycles. The van der Waals surface area contributed by atoms with Gasteiger partial charge in [-0.15, -0.1) is 11.8 Å². The van der Waals surface area contributed by atoms with Gasteiger partial charge in [0.15, 0.2) is 0 Å². The van der Waals surface area contributed by atoms with E-state index >= 15 is 0 Å². The van der Waals surface area contributed by atoms with Gasteiger partial charge in [0.2, 0.25) is 5.91 Å². The molecule has 0 unspecified atom stereocenters. The molecule has 2 aromatic carbocycles. The molecular formula is C15H15BrN2OS. The topological polar surface area (TPSA) is 55.1 Å². The third kappa shape index (κ3) is 4.28. The number of nitrogen functional groups attached to an aromatic ring is 1. The highest BCUT2D eigenvalue weighted by atomic mass is 79.9. The molecule has 20 heavy (non-hydrogen) atoms.